The summed E-state index contributed by atoms with van der Waals surface area (Å²) in [6.07, 6.45) is 5.75. The summed E-state index contributed by atoms with van der Waals surface area (Å²) in [5.74, 6) is 0.567. The summed E-state index contributed by atoms with van der Waals surface area (Å²) in [6, 6.07) is 8.41. The summed E-state index contributed by atoms with van der Waals surface area (Å²) in [4.78, 5) is 4.77. The van der Waals surface area contributed by atoms with E-state index in [1.54, 1.807) is 0 Å². The quantitative estimate of drug-likeness (QED) is 0.804. The molecule has 1 heterocycles. The highest BCUT2D eigenvalue weighted by Crippen LogP contribution is 2.41. The van der Waals surface area contributed by atoms with E-state index >= 15 is 0 Å². The number of aliphatic imine (C=N–C) groups is 1. The van der Waals surface area contributed by atoms with Crippen LogP contribution in [0.3, 0.4) is 0 Å². The fraction of sp³-hybridized carbons (Fsp3) is 0.357. The first-order valence-electron chi connectivity index (χ1n) is 5.98. The summed E-state index contributed by atoms with van der Waals surface area (Å²) in [6.45, 7) is 0.757. The van der Waals surface area contributed by atoms with Crippen LogP contribution < -0.4 is 5.73 Å². The van der Waals surface area contributed by atoms with E-state index in [9.17, 15) is 0 Å². The molecule has 0 spiro atoms. The Hall–Kier alpha value is -1.41. The molecule has 1 aromatic rings. The Morgan fingerprint density at radius 1 is 1.31 bits per heavy atom. The highest BCUT2D eigenvalue weighted by molar-refractivity contribution is 6.30. The maximum absolute atomic E-state index is 5.67. The number of rotatable bonds is 2. The minimum atomic E-state index is 0.567. The van der Waals surface area contributed by atoms with Crippen LogP contribution in [-0.2, 0) is 0 Å². The van der Waals surface area contributed by atoms with E-state index in [-0.39, 0.29) is 0 Å². The molecule has 16 heavy (non-hydrogen) atoms. The Morgan fingerprint density at radius 3 is 3.06 bits per heavy atom. The topological polar surface area (TPSA) is 38.4 Å². The number of nitrogens with two attached hydrogens (primary N) is 1. The summed E-state index contributed by atoms with van der Waals surface area (Å²) in [7, 11) is 0. The van der Waals surface area contributed by atoms with Gasteiger partial charge >= 0.3 is 0 Å². The first-order chi connectivity index (χ1) is 7.90. The van der Waals surface area contributed by atoms with Gasteiger partial charge in [-0.3, -0.25) is 4.99 Å². The monoisotopic (exact) mass is 212 g/mol. The van der Waals surface area contributed by atoms with E-state index in [0.29, 0.717) is 5.92 Å². The van der Waals surface area contributed by atoms with E-state index in [4.69, 9.17) is 10.7 Å². The predicted octanol–water partition coefficient (Wildman–Crippen LogP) is 2.91. The summed E-state index contributed by atoms with van der Waals surface area (Å²) in [5, 5.41) is 0. The Bertz CT molecular complexity index is 471. The zero-order valence-corrected chi connectivity index (χ0v) is 9.32. The van der Waals surface area contributed by atoms with Gasteiger partial charge in [0.15, 0.2) is 0 Å². The first-order valence-corrected chi connectivity index (χ1v) is 5.98. The lowest BCUT2D eigenvalue weighted by Gasteiger charge is -2.21. The third-order valence-electron chi connectivity index (χ3n) is 3.48. The minimum absolute atomic E-state index is 0.567. The maximum atomic E-state index is 5.67. The molecule has 1 atom stereocenters. The molecule has 0 bridgehead atoms. The number of allylic oxidation sites excluding steroid dienone is 2. The SMILES string of the molecule is NCCC1CCC=C2C1=Nc1ccccc12. The number of hydrogen-bond acceptors (Lipinski definition) is 2. The van der Waals surface area contributed by atoms with Gasteiger partial charge in [-0.2, -0.15) is 0 Å². The molecule has 2 heteroatoms. The van der Waals surface area contributed by atoms with Crippen LogP contribution in [0.1, 0.15) is 24.8 Å². The third-order valence-corrected chi connectivity index (χ3v) is 3.48. The normalized spacial score (nSPS) is 22.2. The third kappa shape index (κ3) is 1.41. The molecular weight excluding hydrogens is 196 g/mol. The van der Waals surface area contributed by atoms with Gasteiger partial charge < -0.3 is 5.73 Å². The molecule has 0 amide bonds. The van der Waals surface area contributed by atoms with Gasteiger partial charge in [0.05, 0.1) is 11.4 Å². The van der Waals surface area contributed by atoms with E-state index in [2.05, 4.69) is 30.3 Å². The summed E-state index contributed by atoms with van der Waals surface area (Å²) >= 11 is 0. The molecule has 0 saturated carbocycles. The van der Waals surface area contributed by atoms with Crippen molar-refractivity contribution in [1.29, 1.82) is 0 Å². The van der Waals surface area contributed by atoms with Gasteiger partial charge in [-0.25, -0.2) is 0 Å². The van der Waals surface area contributed by atoms with Crippen molar-refractivity contribution in [1.82, 2.24) is 0 Å². The van der Waals surface area contributed by atoms with Crippen molar-refractivity contribution in [3.8, 4) is 0 Å². The summed E-state index contributed by atoms with van der Waals surface area (Å²) < 4.78 is 0. The van der Waals surface area contributed by atoms with Crippen molar-refractivity contribution in [3.63, 3.8) is 0 Å². The van der Waals surface area contributed by atoms with Gasteiger partial charge in [0.25, 0.3) is 0 Å². The highest BCUT2D eigenvalue weighted by Gasteiger charge is 2.28. The highest BCUT2D eigenvalue weighted by atomic mass is 14.8. The van der Waals surface area contributed by atoms with E-state index in [1.807, 2.05) is 0 Å². The largest absolute Gasteiger partial charge is 0.330 e. The second-order valence-corrected chi connectivity index (χ2v) is 4.48. The lowest BCUT2D eigenvalue weighted by atomic mass is 9.83. The molecule has 1 aliphatic carbocycles. The number of benzene rings is 1. The number of fused-ring (bicyclic) bond motifs is 3. The van der Waals surface area contributed by atoms with Crippen LogP contribution in [-0.4, -0.2) is 12.3 Å². The smallest absolute Gasteiger partial charge is 0.0712 e. The average Bonchev–Trinajstić information content (AvgIpc) is 2.69. The molecule has 1 unspecified atom stereocenters. The lowest BCUT2D eigenvalue weighted by molar-refractivity contribution is 0.586. The van der Waals surface area contributed by atoms with Crippen LogP contribution in [0.2, 0.25) is 0 Å². The van der Waals surface area contributed by atoms with E-state index in [1.165, 1.54) is 23.3 Å². The van der Waals surface area contributed by atoms with Gasteiger partial charge in [-0.05, 0) is 31.9 Å². The Kier molecular flexibility index (Phi) is 2.37. The minimum Gasteiger partial charge on any atom is -0.330 e. The molecule has 0 saturated heterocycles. The molecule has 1 aromatic carbocycles. The predicted molar refractivity (Wildman–Crippen MR) is 67.9 cm³/mol. The average molecular weight is 212 g/mol. The molecule has 0 fully saturated rings. The second-order valence-electron chi connectivity index (χ2n) is 4.48. The van der Waals surface area contributed by atoms with Crippen molar-refractivity contribution >= 4 is 17.0 Å². The Balaban J connectivity index is 2.03. The van der Waals surface area contributed by atoms with Crippen molar-refractivity contribution < 1.29 is 0 Å². The van der Waals surface area contributed by atoms with Crippen LogP contribution in [0.15, 0.2) is 35.3 Å². The van der Waals surface area contributed by atoms with Crippen LogP contribution in [0.25, 0.3) is 5.57 Å². The van der Waals surface area contributed by atoms with Crippen LogP contribution in [0.5, 0.6) is 0 Å². The summed E-state index contributed by atoms with van der Waals surface area (Å²) in [5.41, 5.74) is 10.7. The molecule has 2 nitrogen and oxygen atoms in total. The number of nitrogens with zero attached hydrogens (tertiary/aromatic N) is 1. The Morgan fingerprint density at radius 2 is 2.19 bits per heavy atom. The lowest BCUT2D eigenvalue weighted by Crippen LogP contribution is -2.20. The van der Waals surface area contributed by atoms with E-state index < -0.39 is 0 Å². The van der Waals surface area contributed by atoms with Gasteiger partial charge in [-0.1, -0.05) is 24.3 Å². The molecule has 1 aliphatic heterocycles. The molecule has 0 radical (unpaired) electrons. The first kappa shape index (κ1) is 9.79. The van der Waals surface area contributed by atoms with Gasteiger partial charge in [0, 0.05) is 17.1 Å². The molecule has 0 aromatic heterocycles. The fourth-order valence-corrected chi connectivity index (χ4v) is 2.70. The zero-order valence-electron chi connectivity index (χ0n) is 9.32. The van der Waals surface area contributed by atoms with Crippen molar-refractivity contribution in [2.45, 2.75) is 19.3 Å². The molecule has 82 valence electrons. The van der Waals surface area contributed by atoms with Crippen molar-refractivity contribution in [2.75, 3.05) is 6.54 Å². The zero-order chi connectivity index (χ0) is 11.0. The van der Waals surface area contributed by atoms with Crippen molar-refractivity contribution in [3.05, 3.63) is 35.9 Å². The number of para-hydroxylation sites is 1. The van der Waals surface area contributed by atoms with Crippen LogP contribution in [0.4, 0.5) is 5.69 Å². The van der Waals surface area contributed by atoms with Gasteiger partial charge in [0.1, 0.15) is 0 Å². The Labute approximate surface area is 95.9 Å². The molecule has 2 aliphatic rings. The van der Waals surface area contributed by atoms with Gasteiger partial charge in [0.2, 0.25) is 0 Å². The van der Waals surface area contributed by atoms with Crippen molar-refractivity contribution in [2.24, 2.45) is 16.6 Å². The molecular formula is C14H16N2. The van der Waals surface area contributed by atoms with Gasteiger partial charge in [-0.15, -0.1) is 0 Å². The molecule has 3 rings (SSSR count). The fourth-order valence-electron chi connectivity index (χ4n) is 2.70. The van der Waals surface area contributed by atoms with Crippen LogP contribution in [0, 0.1) is 5.92 Å². The standard InChI is InChI=1S/C14H16N2/c15-9-8-10-4-3-6-12-11-5-1-2-7-13(11)16-14(10)12/h1-2,5-7,10H,3-4,8-9,15H2. The molecule has 2 N–H and O–H groups in total. The maximum Gasteiger partial charge on any atom is 0.0712 e. The van der Waals surface area contributed by atoms with Crippen LogP contribution >= 0.6 is 0 Å². The number of hydrogen-bond donors (Lipinski definition) is 1. The van der Waals surface area contributed by atoms with E-state index in [0.717, 1.165) is 25.1 Å². The second kappa shape index (κ2) is 3.87.